The van der Waals surface area contributed by atoms with Gasteiger partial charge in [-0.2, -0.15) is 0 Å². The molecule has 0 aliphatic carbocycles. The summed E-state index contributed by atoms with van der Waals surface area (Å²) >= 11 is 0.921. The Balaban J connectivity index is 3.24. The molecular formula is C7H7NO5S. The van der Waals surface area contributed by atoms with Gasteiger partial charge in [-0.15, -0.1) is 11.3 Å². The minimum atomic E-state index is -0.731. The Morgan fingerprint density at radius 3 is 2.64 bits per heavy atom. The van der Waals surface area contributed by atoms with Crippen LogP contribution in [0.25, 0.3) is 0 Å². The highest BCUT2D eigenvalue weighted by Gasteiger charge is 2.28. The lowest BCUT2D eigenvalue weighted by Gasteiger charge is -1.96. The average molecular weight is 217 g/mol. The highest BCUT2D eigenvalue weighted by molar-refractivity contribution is 7.12. The van der Waals surface area contributed by atoms with Crippen LogP contribution in [0.2, 0.25) is 0 Å². The van der Waals surface area contributed by atoms with E-state index < -0.39 is 10.9 Å². The Morgan fingerprint density at radius 2 is 2.21 bits per heavy atom. The molecule has 0 amide bonds. The summed E-state index contributed by atoms with van der Waals surface area (Å²) in [6.45, 7) is 0. The minimum absolute atomic E-state index is 0.0608. The predicted octanol–water partition coefficient (Wildman–Crippen LogP) is 1.45. The van der Waals surface area contributed by atoms with Crippen LogP contribution in [0.1, 0.15) is 9.67 Å². The summed E-state index contributed by atoms with van der Waals surface area (Å²) < 4.78 is 9.14. The Hall–Kier alpha value is -1.63. The lowest BCUT2D eigenvalue weighted by molar-refractivity contribution is -0.385. The van der Waals surface area contributed by atoms with E-state index in [1.807, 2.05) is 0 Å². The molecule has 0 fully saturated rings. The molecule has 7 heteroatoms. The third-order valence-electron chi connectivity index (χ3n) is 1.51. The second-order valence-corrected chi connectivity index (χ2v) is 3.11. The van der Waals surface area contributed by atoms with Gasteiger partial charge in [0.1, 0.15) is 0 Å². The summed E-state index contributed by atoms with van der Waals surface area (Å²) in [5.41, 5.74) is -0.343. The van der Waals surface area contributed by atoms with Crippen molar-refractivity contribution in [2.24, 2.45) is 0 Å². The monoisotopic (exact) mass is 217 g/mol. The molecule has 1 heterocycles. The SMILES string of the molecule is COC(=O)c1scc(OC)c1[N+](=O)[O-]. The van der Waals surface area contributed by atoms with Crippen molar-refractivity contribution in [3.63, 3.8) is 0 Å². The molecule has 6 nitrogen and oxygen atoms in total. The third kappa shape index (κ3) is 1.67. The quantitative estimate of drug-likeness (QED) is 0.435. The molecule has 1 rings (SSSR count). The molecular weight excluding hydrogens is 210 g/mol. The number of carbonyl (C=O) groups excluding carboxylic acids is 1. The molecule has 0 spiro atoms. The molecule has 0 aliphatic rings. The number of thiophene rings is 1. The van der Waals surface area contributed by atoms with E-state index in [9.17, 15) is 14.9 Å². The van der Waals surface area contributed by atoms with E-state index in [0.717, 1.165) is 18.4 Å². The van der Waals surface area contributed by atoms with Gasteiger partial charge >= 0.3 is 11.7 Å². The maximum atomic E-state index is 11.1. The first-order valence-corrected chi connectivity index (χ1v) is 4.38. The molecule has 0 atom stereocenters. The first kappa shape index (κ1) is 10.5. The molecule has 0 aromatic carbocycles. The first-order valence-electron chi connectivity index (χ1n) is 3.50. The second-order valence-electron chi connectivity index (χ2n) is 2.23. The maximum absolute atomic E-state index is 11.1. The lowest BCUT2D eigenvalue weighted by Crippen LogP contribution is -2.02. The summed E-state index contributed by atoms with van der Waals surface area (Å²) in [5, 5.41) is 12.0. The van der Waals surface area contributed by atoms with Crippen LogP contribution in [0.3, 0.4) is 0 Å². The Morgan fingerprint density at radius 1 is 1.57 bits per heavy atom. The number of hydrogen-bond donors (Lipinski definition) is 0. The van der Waals surface area contributed by atoms with Crippen LogP contribution in [0.15, 0.2) is 5.38 Å². The number of nitrogens with zero attached hydrogens (tertiary/aromatic N) is 1. The number of ether oxygens (including phenoxy) is 2. The van der Waals surface area contributed by atoms with Gasteiger partial charge in [0.15, 0.2) is 4.88 Å². The van der Waals surface area contributed by atoms with Crippen molar-refractivity contribution in [1.29, 1.82) is 0 Å². The fraction of sp³-hybridized carbons (Fsp3) is 0.286. The van der Waals surface area contributed by atoms with E-state index in [4.69, 9.17) is 4.74 Å². The molecule has 0 radical (unpaired) electrons. The van der Waals surface area contributed by atoms with Gasteiger partial charge in [0.2, 0.25) is 5.75 Å². The van der Waals surface area contributed by atoms with Crippen molar-refractivity contribution < 1.29 is 19.2 Å². The highest BCUT2D eigenvalue weighted by Crippen LogP contribution is 2.36. The molecule has 0 saturated carbocycles. The summed E-state index contributed by atoms with van der Waals surface area (Å²) in [4.78, 5) is 21.0. The highest BCUT2D eigenvalue weighted by atomic mass is 32.1. The van der Waals surface area contributed by atoms with Crippen molar-refractivity contribution in [2.45, 2.75) is 0 Å². The number of methoxy groups -OCH3 is 2. The Bertz CT molecular complexity index is 372. The van der Waals surface area contributed by atoms with Crippen molar-refractivity contribution in [2.75, 3.05) is 14.2 Å². The minimum Gasteiger partial charge on any atom is -0.490 e. The van der Waals surface area contributed by atoms with E-state index in [1.165, 1.54) is 12.5 Å². The van der Waals surface area contributed by atoms with Crippen LogP contribution in [0.5, 0.6) is 5.75 Å². The van der Waals surface area contributed by atoms with Gasteiger partial charge < -0.3 is 9.47 Å². The lowest BCUT2D eigenvalue weighted by atomic mass is 10.4. The van der Waals surface area contributed by atoms with Crippen LogP contribution in [0.4, 0.5) is 5.69 Å². The van der Waals surface area contributed by atoms with Gasteiger partial charge in [-0.3, -0.25) is 10.1 Å². The molecule has 76 valence electrons. The zero-order valence-electron chi connectivity index (χ0n) is 7.47. The summed E-state index contributed by atoms with van der Waals surface area (Å²) in [7, 11) is 2.47. The summed E-state index contributed by atoms with van der Waals surface area (Å²) in [6, 6.07) is 0. The van der Waals surface area contributed by atoms with Crippen molar-refractivity contribution in [3.05, 3.63) is 20.4 Å². The smallest absolute Gasteiger partial charge is 0.355 e. The number of esters is 1. The molecule has 0 saturated heterocycles. The molecule has 1 aromatic heterocycles. The predicted molar refractivity (Wildman–Crippen MR) is 48.9 cm³/mol. The molecule has 0 N–H and O–H groups in total. The molecule has 0 unspecified atom stereocenters. The molecule has 1 aromatic rings. The third-order valence-corrected chi connectivity index (χ3v) is 2.43. The number of carbonyl (C=O) groups is 1. The van der Waals surface area contributed by atoms with E-state index in [0.29, 0.717) is 0 Å². The zero-order chi connectivity index (χ0) is 10.7. The zero-order valence-corrected chi connectivity index (χ0v) is 8.29. The van der Waals surface area contributed by atoms with E-state index in [1.54, 1.807) is 0 Å². The van der Waals surface area contributed by atoms with E-state index in [-0.39, 0.29) is 16.3 Å². The van der Waals surface area contributed by atoms with Crippen molar-refractivity contribution in [3.8, 4) is 5.75 Å². The fourth-order valence-corrected chi connectivity index (χ4v) is 1.79. The van der Waals surface area contributed by atoms with Crippen LogP contribution in [-0.4, -0.2) is 25.1 Å². The van der Waals surface area contributed by atoms with Gasteiger partial charge in [0.25, 0.3) is 0 Å². The van der Waals surface area contributed by atoms with Crippen molar-refractivity contribution in [1.82, 2.24) is 0 Å². The number of rotatable bonds is 3. The van der Waals surface area contributed by atoms with Gasteiger partial charge in [-0.1, -0.05) is 0 Å². The topological polar surface area (TPSA) is 78.7 Å². The van der Waals surface area contributed by atoms with Crippen LogP contribution in [-0.2, 0) is 4.74 Å². The van der Waals surface area contributed by atoms with Gasteiger partial charge in [0.05, 0.1) is 19.1 Å². The normalized spacial score (nSPS) is 9.57. The number of hydrogen-bond acceptors (Lipinski definition) is 6. The van der Waals surface area contributed by atoms with Gasteiger partial charge in [-0.05, 0) is 0 Å². The summed E-state index contributed by atoms with van der Waals surface area (Å²) in [6.07, 6.45) is 0. The molecule has 0 bridgehead atoms. The fourth-order valence-electron chi connectivity index (χ4n) is 0.891. The van der Waals surface area contributed by atoms with Gasteiger partial charge in [-0.25, -0.2) is 4.79 Å². The van der Waals surface area contributed by atoms with Crippen LogP contribution < -0.4 is 4.74 Å². The maximum Gasteiger partial charge on any atom is 0.355 e. The van der Waals surface area contributed by atoms with E-state index in [2.05, 4.69) is 4.74 Å². The average Bonchev–Trinajstić information content (AvgIpc) is 2.59. The standard InChI is InChI=1S/C7H7NO5S/c1-12-4-3-14-6(7(9)13-2)5(4)8(10)11/h3H,1-2H3. The molecule has 0 aliphatic heterocycles. The van der Waals surface area contributed by atoms with E-state index >= 15 is 0 Å². The van der Waals surface area contributed by atoms with Gasteiger partial charge in [0, 0.05) is 5.38 Å². The largest absolute Gasteiger partial charge is 0.490 e. The second kappa shape index (κ2) is 4.05. The summed E-state index contributed by atoms with van der Waals surface area (Å²) in [5.74, 6) is -0.662. The van der Waals surface area contributed by atoms with Crippen molar-refractivity contribution >= 4 is 23.0 Å². The molecule has 14 heavy (non-hydrogen) atoms. The Kier molecular flexibility index (Phi) is 3.03. The van der Waals surface area contributed by atoms with Crippen LogP contribution in [0, 0.1) is 10.1 Å². The Labute approximate surface area is 83.2 Å². The first-order chi connectivity index (χ1) is 6.61. The van der Waals surface area contributed by atoms with Crippen LogP contribution >= 0.6 is 11.3 Å². The number of nitro groups is 1.